The van der Waals surface area contributed by atoms with Crippen molar-refractivity contribution in [1.29, 1.82) is 0 Å². The first-order chi connectivity index (χ1) is 30.8. The van der Waals surface area contributed by atoms with Crippen LogP contribution in [0.4, 0.5) is 0 Å². The van der Waals surface area contributed by atoms with Crippen molar-refractivity contribution in [3.05, 3.63) is 241 Å². The fraction of sp³-hybridized carbons (Fsp3) is 0.0164. The van der Waals surface area contributed by atoms with E-state index >= 15 is 0 Å². The molecule has 0 radical (unpaired) electrons. The lowest BCUT2D eigenvalue weighted by atomic mass is 9.70. The smallest absolute Gasteiger partial charge is 0.136 e. The molecule has 0 saturated heterocycles. The van der Waals surface area contributed by atoms with Crippen LogP contribution in [0.5, 0.6) is 0 Å². The van der Waals surface area contributed by atoms with E-state index < -0.39 is 5.41 Å². The molecule has 2 aliphatic carbocycles. The van der Waals surface area contributed by atoms with E-state index in [4.69, 9.17) is 4.42 Å². The molecule has 0 saturated carbocycles. The SMILES string of the molecule is c1cc(-c2c3ccccc3c(-c3ccc4c(c3)C3(c5ccccc5-c5ccccc53)c3ccccc3-4)c3ccccc23)cc(-c2cccc3oc4ccc5ccccc5c4c23)c1. The molecule has 1 heteroatoms. The zero-order valence-electron chi connectivity index (χ0n) is 33.7. The van der Waals surface area contributed by atoms with Crippen molar-refractivity contribution in [1.82, 2.24) is 0 Å². The monoisotopic (exact) mass is 784 g/mol. The topological polar surface area (TPSA) is 13.1 Å². The maximum atomic E-state index is 6.52. The normalized spacial score (nSPS) is 13.3. The van der Waals surface area contributed by atoms with E-state index in [1.807, 2.05) is 0 Å². The van der Waals surface area contributed by atoms with Gasteiger partial charge in [-0.15, -0.1) is 0 Å². The van der Waals surface area contributed by atoms with Crippen LogP contribution in [0.15, 0.2) is 223 Å². The third kappa shape index (κ3) is 4.37. The summed E-state index contributed by atoms with van der Waals surface area (Å²) >= 11 is 0. The molecule has 1 nitrogen and oxygen atoms in total. The van der Waals surface area contributed by atoms with Crippen LogP contribution in [0.25, 0.3) is 110 Å². The highest BCUT2D eigenvalue weighted by Crippen LogP contribution is 2.63. The Hall–Kier alpha value is -8.00. The molecule has 1 heterocycles. The summed E-state index contributed by atoms with van der Waals surface area (Å²) in [6.45, 7) is 0. The molecular formula is C61H36O. The van der Waals surface area contributed by atoms with Gasteiger partial charge in [-0.05, 0) is 134 Å². The fourth-order valence-electron chi connectivity index (χ4n) is 11.7. The largest absolute Gasteiger partial charge is 0.456 e. The number of fused-ring (bicyclic) bond motifs is 17. The van der Waals surface area contributed by atoms with Gasteiger partial charge < -0.3 is 4.42 Å². The number of furan rings is 1. The molecule has 0 aliphatic heterocycles. The summed E-state index contributed by atoms with van der Waals surface area (Å²) < 4.78 is 6.52. The van der Waals surface area contributed by atoms with E-state index in [-0.39, 0.29) is 0 Å². The van der Waals surface area contributed by atoms with Gasteiger partial charge in [0.1, 0.15) is 11.2 Å². The van der Waals surface area contributed by atoms with Crippen LogP contribution in [0, 0.1) is 0 Å². The number of hydrogen-bond donors (Lipinski definition) is 0. The van der Waals surface area contributed by atoms with E-state index in [1.165, 1.54) is 116 Å². The summed E-state index contributed by atoms with van der Waals surface area (Å²) in [5.41, 5.74) is 19.4. The molecular weight excluding hydrogens is 749 g/mol. The molecule has 1 aromatic heterocycles. The highest BCUT2D eigenvalue weighted by Gasteiger charge is 2.51. The van der Waals surface area contributed by atoms with Crippen molar-refractivity contribution >= 4 is 54.3 Å². The first-order valence-corrected chi connectivity index (χ1v) is 21.6. The van der Waals surface area contributed by atoms with Gasteiger partial charge in [-0.1, -0.05) is 194 Å². The molecule has 11 aromatic carbocycles. The van der Waals surface area contributed by atoms with Crippen molar-refractivity contribution in [2.24, 2.45) is 0 Å². The molecule has 1 spiro atoms. The second-order valence-electron chi connectivity index (χ2n) is 17.0. The first-order valence-electron chi connectivity index (χ1n) is 21.6. The molecule has 0 fully saturated rings. The van der Waals surface area contributed by atoms with Crippen molar-refractivity contribution < 1.29 is 4.42 Å². The Bertz CT molecular complexity index is 3760. The van der Waals surface area contributed by atoms with Crippen LogP contribution >= 0.6 is 0 Å². The summed E-state index contributed by atoms with van der Waals surface area (Å²) in [4.78, 5) is 0. The standard InChI is InChI=1S/C61H36O/c1-2-18-41-37(15-1)32-34-56-59(41)60-42(26-14-30-55(60)62-56)38-16-13-17-39(35-38)57-47-22-3-5-24-49(47)58(50-25-6-4-23-48(50)57)40-31-33-46-45-21-9-12-29-53(45)61(54(46)36-40)51-27-10-7-19-43(51)44-20-8-11-28-52(44)61/h1-36H. The third-order valence-electron chi connectivity index (χ3n) is 14.1. The first kappa shape index (κ1) is 33.8. The fourth-order valence-corrected chi connectivity index (χ4v) is 11.7. The lowest BCUT2D eigenvalue weighted by Gasteiger charge is -2.30. The molecule has 0 amide bonds. The highest BCUT2D eigenvalue weighted by molar-refractivity contribution is 6.24. The van der Waals surface area contributed by atoms with Gasteiger partial charge in [0.25, 0.3) is 0 Å². The Morgan fingerprint density at radius 2 is 0.742 bits per heavy atom. The van der Waals surface area contributed by atoms with Crippen LogP contribution in [0.1, 0.15) is 22.3 Å². The average molecular weight is 785 g/mol. The van der Waals surface area contributed by atoms with Crippen molar-refractivity contribution in [2.75, 3.05) is 0 Å². The Morgan fingerprint density at radius 1 is 0.274 bits per heavy atom. The van der Waals surface area contributed by atoms with Crippen LogP contribution in [0.2, 0.25) is 0 Å². The number of benzene rings is 11. The Kier molecular flexibility index (Phi) is 6.82. The molecule has 0 bridgehead atoms. The summed E-state index contributed by atoms with van der Waals surface area (Å²) in [5, 5.41) is 9.73. The summed E-state index contributed by atoms with van der Waals surface area (Å²) in [6.07, 6.45) is 0. The molecule has 14 rings (SSSR count). The van der Waals surface area contributed by atoms with Crippen molar-refractivity contribution in [3.63, 3.8) is 0 Å². The van der Waals surface area contributed by atoms with Gasteiger partial charge in [-0.3, -0.25) is 0 Å². The van der Waals surface area contributed by atoms with Crippen LogP contribution in [0.3, 0.4) is 0 Å². The highest BCUT2D eigenvalue weighted by atomic mass is 16.3. The van der Waals surface area contributed by atoms with E-state index in [0.29, 0.717) is 0 Å². The van der Waals surface area contributed by atoms with Gasteiger partial charge in [0.2, 0.25) is 0 Å². The van der Waals surface area contributed by atoms with E-state index in [0.717, 1.165) is 16.6 Å². The third-order valence-corrected chi connectivity index (χ3v) is 14.1. The number of rotatable bonds is 3. The molecule has 12 aromatic rings. The van der Waals surface area contributed by atoms with Gasteiger partial charge >= 0.3 is 0 Å². The van der Waals surface area contributed by atoms with Gasteiger partial charge in [-0.2, -0.15) is 0 Å². The second kappa shape index (κ2) is 12.5. The predicted molar refractivity (Wildman–Crippen MR) is 259 cm³/mol. The van der Waals surface area contributed by atoms with E-state index in [1.54, 1.807) is 0 Å². The molecule has 0 N–H and O–H groups in total. The Morgan fingerprint density at radius 3 is 1.37 bits per heavy atom. The van der Waals surface area contributed by atoms with Gasteiger partial charge in [-0.25, -0.2) is 0 Å². The van der Waals surface area contributed by atoms with E-state index in [9.17, 15) is 0 Å². The van der Waals surface area contributed by atoms with Crippen LogP contribution < -0.4 is 0 Å². The summed E-state index contributed by atoms with van der Waals surface area (Å²) in [6, 6.07) is 81.1. The quantitative estimate of drug-likeness (QED) is 0.163. The van der Waals surface area contributed by atoms with Crippen LogP contribution in [-0.4, -0.2) is 0 Å². The van der Waals surface area contributed by atoms with Crippen molar-refractivity contribution in [2.45, 2.75) is 5.41 Å². The maximum absolute atomic E-state index is 6.52. The van der Waals surface area contributed by atoms with Gasteiger partial charge in [0.15, 0.2) is 0 Å². The maximum Gasteiger partial charge on any atom is 0.136 e. The zero-order chi connectivity index (χ0) is 40.5. The Labute approximate surface area is 358 Å². The summed E-state index contributed by atoms with van der Waals surface area (Å²) in [7, 11) is 0. The van der Waals surface area contributed by atoms with E-state index in [2.05, 4.69) is 218 Å². The minimum Gasteiger partial charge on any atom is -0.456 e. The Balaban J connectivity index is 1.01. The predicted octanol–water partition coefficient (Wildman–Crippen LogP) is 16.4. The summed E-state index contributed by atoms with van der Waals surface area (Å²) in [5.74, 6) is 0. The second-order valence-corrected chi connectivity index (χ2v) is 17.0. The molecule has 62 heavy (non-hydrogen) atoms. The van der Waals surface area contributed by atoms with Gasteiger partial charge in [0, 0.05) is 10.8 Å². The van der Waals surface area contributed by atoms with Crippen molar-refractivity contribution in [3.8, 4) is 55.6 Å². The average Bonchev–Trinajstić information content (AvgIpc) is 3.97. The molecule has 0 unspecified atom stereocenters. The van der Waals surface area contributed by atoms with Crippen LogP contribution in [-0.2, 0) is 5.41 Å². The zero-order valence-corrected chi connectivity index (χ0v) is 33.7. The molecule has 286 valence electrons. The number of hydrogen-bond acceptors (Lipinski definition) is 1. The lowest BCUT2D eigenvalue weighted by molar-refractivity contribution is 0.669. The molecule has 2 aliphatic rings. The minimum atomic E-state index is -0.406. The molecule has 0 atom stereocenters. The minimum absolute atomic E-state index is 0.406. The van der Waals surface area contributed by atoms with Gasteiger partial charge in [0.05, 0.1) is 5.41 Å². The lowest BCUT2D eigenvalue weighted by Crippen LogP contribution is -2.25.